The number of aromatic nitrogens is 3. The number of carbonyl (C=O) groups excluding carboxylic acids is 1. The van der Waals surface area contributed by atoms with Gasteiger partial charge in [0.2, 0.25) is 5.91 Å². The van der Waals surface area contributed by atoms with Crippen molar-refractivity contribution in [2.24, 2.45) is 0 Å². The predicted molar refractivity (Wildman–Crippen MR) is 94.7 cm³/mol. The second kappa shape index (κ2) is 8.09. The van der Waals surface area contributed by atoms with Gasteiger partial charge in [0.15, 0.2) is 0 Å². The molecule has 0 saturated carbocycles. The highest BCUT2D eigenvalue weighted by molar-refractivity contribution is 5.76. The Morgan fingerprint density at radius 1 is 1.42 bits per heavy atom. The van der Waals surface area contributed by atoms with E-state index in [0.29, 0.717) is 25.3 Å². The monoisotopic (exact) mass is 358 g/mol. The number of hydrogen-bond acceptors (Lipinski definition) is 5. The van der Waals surface area contributed by atoms with Crippen LogP contribution >= 0.6 is 0 Å². The molecule has 1 saturated heterocycles. The normalized spacial score (nSPS) is 16.6. The first-order chi connectivity index (χ1) is 12.5. The summed E-state index contributed by atoms with van der Waals surface area (Å²) < 4.78 is 6.87. The van der Waals surface area contributed by atoms with Crippen molar-refractivity contribution in [3.05, 3.63) is 62.7 Å². The maximum absolute atomic E-state index is 12.8. The Labute approximate surface area is 150 Å². The standard InChI is InChI=1S/C18H22N4O4/c1-13-9-22(18(25)20-17(13)24)12-16(23)21(11-15-6-4-8-26-15)10-14-5-2-3-7-19-14/h2-3,5,7,9,15H,4,6,8,10-12H2,1H3,(H,20,24,25)/t15-/m0/s1. The summed E-state index contributed by atoms with van der Waals surface area (Å²) in [5.41, 5.74) is 0.115. The molecule has 2 aromatic rings. The van der Waals surface area contributed by atoms with Crippen molar-refractivity contribution in [1.82, 2.24) is 19.4 Å². The van der Waals surface area contributed by atoms with Gasteiger partial charge in [0.25, 0.3) is 5.56 Å². The van der Waals surface area contributed by atoms with Crippen LogP contribution in [0, 0.1) is 6.92 Å². The molecule has 138 valence electrons. The Morgan fingerprint density at radius 3 is 2.96 bits per heavy atom. The summed E-state index contributed by atoms with van der Waals surface area (Å²) in [5.74, 6) is -0.222. The van der Waals surface area contributed by atoms with Crippen molar-refractivity contribution in [2.75, 3.05) is 13.2 Å². The minimum absolute atomic E-state index is 0.00306. The molecule has 0 aromatic carbocycles. The van der Waals surface area contributed by atoms with Crippen LogP contribution in [0.1, 0.15) is 24.1 Å². The molecular formula is C18H22N4O4. The quantitative estimate of drug-likeness (QED) is 0.808. The molecular weight excluding hydrogens is 336 g/mol. The fraction of sp³-hybridized carbons (Fsp3) is 0.444. The van der Waals surface area contributed by atoms with E-state index in [1.807, 2.05) is 18.2 Å². The van der Waals surface area contributed by atoms with E-state index in [9.17, 15) is 14.4 Å². The van der Waals surface area contributed by atoms with E-state index in [1.165, 1.54) is 10.8 Å². The molecule has 1 aliphatic rings. The van der Waals surface area contributed by atoms with Crippen molar-refractivity contribution in [3.63, 3.8) is 0 Å². The molecule has 3 heterocycles. The Bertz CT molecular complexity index is 869. The van der Waals surface area contributed by atoms with E-state index in [2.05, 4.69) is 9.97 Å². The molecule has 0 unspecified atom stereocenters. The van der Waals surface area contributed by atoms with E-state index in [1.54, 1.807) is 18.0 Å². The molecule has 1 fully saturated rings. The molecule has 1 amide bonds. The number of carbonyl (C=O) groups is 1. The summed E-state index contributed by atoms with van der Waals surface area (Å²) in [6.07, 6.45) is 4.97. The average Bonchev–Trinajstić information content (AvgIpc) is 3.13. The highest BCUT2D eigenvalue weighted by Gasteiger charge is 2.23. The van der Waals surface area contributed by atoms with Crippen LogP contribution < -0.4 is 11.2 Å². The van der Waals surface area contributed by atoms with Crippen LogP contribution in [-0.2, 0) is 22.6 Å². The number of nitrogens with zero attached hydrogens (tertiary/aromatic N) is 3. The number of hydrogen-bond donors (Lipinski definition) is 1. The number of amides is 1. The van der Waals surface area contributed by atoms with Crippen LogP contribution in [0.15, 0.2) is 40.2 Å². The Morgan fingerprint density at radius 2 is 2.27 bits per heavy atom. The number of H-pyrrole nitrogens is 1. The van der Waals surface area contributed by atoms with Crippen LogP contribution in [-0.4, -0.2) is 44.6 Å². The lowest BCUT2D eigenvalue weighted by molar-refractivity contribution is -0.134. The van der Waals surface area contributed by atoms with Crippen LogP contribution in [0.4, 0.5) is 0 Å². The predicted octanol–water partition coefficient (Wildman–Crippen LogP) is 0.448. The molecule has 26 heavy (non-hydrogen) atoms. The van der Waals surface area contributed by atoms with E-state index >= 15 is 0 Å². The van der Waals surface area contributed by atoms with E-state index in [4.69, 9.17) is 4.74 Å². The molecule has 0 bridgehead atoms. The van der Waals surface area contributed by atoms with Crippen molar-refractivity contribution >= 4 is 5.91 Å². The lowest BCUT2D eigenvalue weighted by atomic mass is 10.2. The van der Waals surface area contributed by atoms with Gasteiger partial charge in [-0.05, 0) is 31.9 Å². The minimum Gasteiger partial charge on any atom is -0.376 e. The number of nitrogens with one attached hydrogen (secondary N) is 1. The molecule has 0 aliphatic carbocycles. The van der Waals surface area contributed by atoms with Crippen molar-refractivity contribution in [3.8, 4) is 0 Å². The van der Waals surface area contributed by atoms with E-state index < -0.39 is 11.2 Å². The third-order valence-electron chi connectivity index (χ3n) is 4.37. The van der Waals surface area contributed by atoms with Gasteiger partial charge >= 0.3 is 5.69 Å². The minimum atomic E-state index is -0.594. The SMILES string of the molecule is Cc1cn(CC(=O)N(Cc2ccccn2)C[C@@H]2CCCO2)c(=O)[nH]c1=O. The van der Waals surface area contributed by atoms with E-state index in [-0.39, 0.29) is 18.6 Å². The fourth-order valence-corrected chi connectivity index (χ4v) is 2.96. The van der Waals surface area contributed by atoms with Crippen LogP contribution in [0.25, 0.3) is 0 Å². The molecule has 8 nitrogen and oxygen atoms in total. The van der Waals surface area contributed by atoms with Gasteiger partial charge in [-0.15, -0.1) is 0 Å². The lowest BCUT2D eigenvalue weighted by Gasteiger charge is -2.25. The van der Waals surface area contributed by atoms with Crippen LogP contribution in [0.3, 0.4) is 0 Å². The molecule has 8 heteroatoms. The Balaban J connectivity index is 1.78. The van der Waals surface area contributed by atoms with Crippen LogP contribution in [0.5, 0.6) is 0 Å². The van der Waals surface area contributed by atoms with Gasteiger partial charge in [-0.25, -0.2) is 4.79 Å². The molecule has 1 atom stereocenters. The third-order valence-corrected chi connectivity index (χ3v) is 4.37. The van der Waals surface area contributed by atoms with Gasteiger partial charge in [0.1, 0.15) is 6.54 Å². The fourth-order valence-electron chi connectivity index (χ4n) is 2.96. The number of rotatable bonds is 6. The van der Waals surface area contributed by atoms with Gasteiger partial charge in [0.05, 0.1) is 18.3 Å². The average molecular weight is 358 g/mol. The first-order valence-corrected chi connectivity index (χ1v) is 8.62. The van der Waals surface area contributed by atoms with Crippen molar-refractivity contribution in [2.45, 2.75) is 39.0 Å². The Kier molecular flexibility index (Phi) is 5.62. The zero-order chi connectivity index (χ0) is 18.5. The maximum Gasteiger partial charge on any atom is 0.328 e. The summed E-state index contributed by atoms with van der Waals surface area (Å²) in [6, 6.07) is 5.54. The summed E-state index contributed by atoms with van der Waals surface area (Å²) in [5, 5.41) is 0. The highest BCUT2D eigenvalue weighted by atomic mass is 16.5. The lowest BCUT2D eigenvalue weighted by Crippen LogP contribution is -2.41. The van der Waals surface area contributed by atoms with Gasteiger partial charge in [-0.3, -0.25) is 24.1 Å². The van der Waals surface area contributed by atoms with Crippen molar-refractivity contribution in [1.29, 1.82) is 0 Å². The van der Waals surface area contributed by atoms with Gasteiger partial charge in [0, 0.05) is 31.1 Å². The first-order valence-electron chi connectivity index (χ1n) is 8.62. The van der Waals surface area contributed by atoms with Gasteiger partial charge in [-0.2, -0.15) is 0 Å². The largest absolute Gasteiger partial charge is 0.376 e. The zero-order valence-electron chi connectivity index (χ0n) is 14.7. The molecule has 1 N–H and O–H groups in total. The number of ether oxygens (including phenoxy) is 1. The summed E-state index contributed by atoms with van der Waals surface area (Å²) >= 11 is 0. The van der Waals surface area contributed by atoms with Gasteiger partial charge in [-0.1, -0.05) is 6.07 Å². The first kappa shape index (κ1) is 18.1. The zero-order valence-corrected chi connectivity index (χ0v) is 14.7. The highest BCUT2D eigenvalue weighted by Crippen LogP contribution is 2.15. The summed E-state index contributed by atoms with van der Waals surface area (Å²) in [7, 11) is 0. The molecule has 1 aliphatic heterocycles. The Hall–Kier alpha value is -2.74. The molecule has 3 rings (SSSR count). The second-order valence-electron chi connectivity index (χ2n) is 6.43. The smallest absolute Gasteiger partial charge is 0.328 e. The molecule has 2 aromatic heterocycles. The summed E-state index contributed by atoms with van der Waals surface area (Å²) in [4.78, 5) is 44.4. The van der Waals surface area contributed by atoms with E-state index in [0.717, 1.165) is 18.5 Å². The molecule has 0 radical (unpaired) electrons. The topological polar surface area (TPSA) is 97.3 Å². The van der Waals surface area contributed by atoms with Crippen LogP contribution in [0.2, 0.25) is 0 Å². The maximum atomic E-state index is 12.8. The number of pyridine rings is 1. The van der Waals surface area contributed by atoms with Gasteiger partial charge < -0.3 is 9.64 Å². The second-order valence-corrected chi connectivity index (χ2v) is 6.43. The third kappa shape index (κ3) is 4.45. The van der Waals surface area contributed by atoms with Crippen molar-refractivity contribution < 1.29 is 9.53 Å². The summed E-state index contributed by atoms with van der Waals surface area (Å²) in [6.45, 7) is 2.95. The number of aryl methyl sites for hydroxylation is 1. The molecule has 0 spiro atoms. The number of aromatic amines is 1.